The Morgan fingerprint density at radius 3 is 2.59 bits per heavy atom. The van der Waals surface area contributed by atoms with Crippen molar-refractivity contribution in [1.29, 1.82) is 0 Å². The molecule has 7 rings (SSSR count). The summed E-state index contributed by atoms with van der Waals surface area (Å²) in [6.07, 6.45) is 10.8. The lowest BCUT2D eigenvalue weighted by Gasteiger charge is -2.65. The minimum atomic E-state index is -0.193. The number of benzene rings is 1. The van der Waals surface area contributed by atoms with Crippen LogP contribution in [0.15, 0.2) is 29.2 Å². The Hall–Kier alpha value is -2.30. The second-order valence-corrected chi connectivity index (χ2v) is 12.0. The number of para-hydroxylation sites is 1. The van der Waals surface area contributed by atoms with E-state index in [0.29, 0.717) is 28.7 Å². The van der Waals surface area contributed by atoms with Gasteiger partial charge in [-0.15, -0.1) is 0 Å². The highest BCUT2D eigenvalue weighted by Gasteiger charge is 2.60. The van der Waals surface area contributed by atoms with Crippen LogP contribution >= 0.6 is 0 Å². The maximum absolute atomic E-state index is 13.7. The van der Waals surface area contributed by atoms with Crippen LogP contribution in [0.2, 0.25) is 0 Å². The van der Waals surface area contributed by atoms with Gasteiger partial charge in [-0.3, -0.25) is 9.59 Å². The molecule has 5 aliphatic rings. The molecule has 1 aliphatic heterocycles. The molecule has 0 radical (unpaired) electrons. The van der Waals surface area contributed by atoms with Crippen LogP contribution in [0.1, 0.15) is 88.5 Å². The Morgan fingerprint density at radius 1 is 1.16 bits per heavy atom. The van der Waals surface area contributed by atoms with Crippen LogP contribution in [0.3, 0.4) is 0 Å². The third kappa shape index (κ3) is 2.96. The van der Waals surface area contributed by atoms with E-state index in [-0.39, 0.29) is 28.5 Å². The Kier molecular flexibility index (Phi) is 4.20. The van der Waals surface area contributed by atoms with Crippen molar-refractivity contribution < 1.29 is 9.53 Å². The average molecular weight is 435 g/mol. The lowest BCUT2D eigenvalue weighted by Crippen LogP contribution is -2.65. The van der Waals surface area contributed by atoms with Crippen LogP contribution in [0.25, 0.3) is 10.9 Å². The van der Waals surface area contributed by atoms with Crippen LogP contribution in [0, 0.1) is 16.7 Å². The Morgan fingerprint density at radius 2 is 1.91 bits per heavy atom. The third-order valence-corrected chi connectivity index (χ3v) is 8.71. The average Bonchev–Trinajstić information content (AvgIpc) is 2.68. The standard InChI is InChI=1S/C27H34N2O3/c1-4-6-18-13-32-21-8-5-7-19-22(21)29(18)12-20(23(19)30)24(31)28-27-11-17-9-25(2,15-27)14-26(3,10-17)16-27/h5,7-8,12,17-18H,4,6,9-11,13-16H2,1-3H3,(H,28,31)/t17?,18?,25-,26+,27?. The summed E-state index contributed by atoms with van der Waals surface area (Å²) in [6, 6.07) is 5.74. The van der Waals surface area contributed by atoms with E-state index in [9.17, 15) is 9.59 Å². The molecule has 5 nitrogen and oxygen atoms in total. The topological polar surface area (TPSA) is 60.3 Å². The lowest BCUT2D eigenvalue weighted by atomic mass is 9.43. The molecule has 1 N–H and O–H groups in total. The minimum absolute atomic E-state index is 0.141. The highest BCUT2D eigenvalue weighted by atomic mass is 16.5. The maximum atomic E-state index is 13.7. The van der Waals surface area contributed by atoms with E-state index in [4.69, 9.17) is 4.74 Å². The third-order valence-electron chi connectivity index (χ3n) is 8.71. The number of hydrogen-bond acceptors (Lipinski definition) is 3. The van der Waals surface area contributed by atoms with Gasteiger partial charge in [0, 0.05) is 11.7 Å². The van der Waals surface area contributed by atoms with Gasteiger partial charge in [-0.05, 0) is 73.8 Å². The fraction of sp³-hybridized carbons (Fsp3) is 0.630. The number of amides is 1. The molecule has 3 unspecified atom stereocenters. The number of carbonyl (C=O) groups excluding carboxylic acids is 1. The normalized spacial score (nSPS) is 36.8. The van der Waals surface area contributed by atoms with E-state index < -0.39 is 0 Å². The summed E-state index contributed by atoms with van der Waals surface area (Å²) in [7, 11) is 0. The van der Waals surface area contributed by atoms with Crippen LogP contribution < -0.4 is 15.5 Å². The van der Waals surface area contributed by atoms with Gasteiger partial charge in [0.15, 0.2) is 0 Å². The van der Waals surface area contributed by atoms with Crippen molar-refractivity contribution in [3.8, 4) is 5.75 Å². The largest absolute Gasteiger partial charge is 0.489 e. The molecule has 2 heterocycles. The smallest absolute Gasteiger partial charge is 0.257 e. The van der Waals surface area contributed by atoms with Crippen molar-refractivity contribution in [2.75, 3.05) is 6.61 Å². The monoisotopic (exact) mass is 434 g/mol. The Balaban J connectivity index is 1.41. The summed E-state index contributed by atoms with van der Waals surface area (Å²) in [5.74, 6) is 1.23. The van der Waals surface area contributed by atoms with E-state index in [1.54, 1.807) is 0 Å². The molecule has 4 fully saturated rings. The number of ether oxygens (including phenoxy) is 1. The molecule has 2 aromatic rings. The molecule has 1 aromatic heterocycles. The summed E-state index contributed by atoms with van der Waals surface area (Å²) in [4.78, 5) is 27.1. The van der Waals surface area contributed by atoms with E-state index in [0.717, 1.165) is 43.4 Å². The number of carbonyl (C=O) groups is 1. The SMILES string of the molecule is CCCC1COc2cccc3c(=O)c(C(=O)NC45CC6C[C@@](C)(C4)C[C@](C)(C6)C5)cn1c23. The summed E-state index contributed by atoms with van der Waals surface area (Å²) in [5, 5.41) is 4.03. The van der Waals surface area contributed by atoms with Crippen molar-refractivity contribution >= 4 is 16.8 Å². The number of rotatable bonds is 4. The molecule has 5 heteroatoms. The molecule has 170 valence electrons. The first-order valence-electron chi connectivity index (χ1n) is 12.4. The van der Waals surface area contributed by atoms with Gasteiger partial charge < -0.3 is 14.6 Å². The first-order valence-corrected chi connectivity index (χ1v) is 12.4. The molecule has 4 bridgehead atoms. The second kappa shape index (κ2) is 6.61. The molecule has 4 aliphatic carbocycles. The van der Waals surface area contributed by atoms with Crippen LogP contribution in [-0.4, -0.2) is 22.6 Å². The zero-order chi connectivity index (χ0) is 22.3. The molecule has 1 amide bonds. The van der Waals surface area contributed by atoms with Gasteiger partial charge in [0.1, 0.15) is 17.9 Å². The van der Waals surface area contributed by atoms with E-state index in [1.807, 2.05) is 24.4 Å². The van der Waals surface area contributed by atoms with Crippen LogP contribution in [-0.2, 0) is 0 Å². The maximum Gasteiger partial charge on any atom is 0.257 e. The van der Waals surface area contributed by atoms with Gasteiger partial charge in [0.2, 0.25) is 5.43 Å². The number of nitrogens with zero attached hydrogens (tertiary/aromatic N) is 1. The second-order valence-electron chi connectivity index (χ2n) is 12.0. The number of nitrogens with one attached hydrogen (secondary N) is 1. The molecule has 4 saturated carbocycles. The lowest BCUT2D eigenvalue weighted by molar-refractivity contribution is -0.114. The predicted octanol–water partition coefficient (Wildman–Crippen LogP) is 5.21. The number of pyridine rings is 1. The summed E-state index contributed by atoms with van der Waals surface area (Å²) in [6.45, 7) is 7.54. The minimum Gasteiger partial charge on any atom is -0.489 e. The van der Waals surface area contributed by atoms with Gasteiger partial charge in [-0.2, -0.15) is 0 Å². The first kappa shape index (κ1) is 20.3. The molecule has 32 heavy (non-hydrogen) atoms. The quantitative estimate of drug-likeness (QED) is 0.718. The predicted molar refractivity (Wildman–Crippen MR) is 125 cm³/mol. The Bertz CT molecular complexity index is 1160. The fourth-order valence-corrected chi connectivity index (χ4v) is 8.66. The zero-order valence-electron chi connectivity index (χ0n) is 19.5. The molecular formula is C27H34N2O3. The van der Waals surface area contributed by atoms with Crippen molar-refractivity contribution in [2.24, 2.45) is 16.7 Å². The van der Waals surface area contributed by atoms with Crippen LogP contribution in [0.4, 0.5) is 0 Å². The summed E-state index contributed by atoms with van der Waals surface area (Å²) < 4.78 is 8.10. The molecule has 0 spiro atoms. The van der Waals surface area contributed by atoms with Crippen molar-refractivity contribution in [2.45, 2.75) is 83.7 Å². The fourth-order valence-electron chi connectivity index (χ4n) is 8.66. The Labute approximate surface area is 189 Å². The van der Waals surface area contributed by atoms with Gasteiger partial charge >= 0.3 is 0 Å². The van der Waals surface area contributed by atoms with Gasteiger partial charge in [0.25, 0.3) is 5.91 Å². The van der Waals surface area contributed by atoms with Gasteiger partial charge in [-0.1, -0.05) is 33.3 Å². The van der Waals surface area contributed by atoms with Gasteiger partial charge in [0.05, 0.1) is 16.9 Å². The van der Waals surface area contributed by atoms with E-state index in [1.165, 1.54) is 19.3 Å². The number of hydrogen-bond donors (Lipinski definition) is 1. The van der Waals surface area contributed by atoms with Crippen molar-refractivity contribution in [1.82, 2.24) is 9.88 Å². The van der Waals surface area contributed by atoms with E-state index >= 15 is 0 Å². The molecular weight excluding hydrogens is 400 g/mol. The number of aromatic nitrogens is 1. The highest BCUT2D eigenvalue weighted by molar-refractivity contribution is 5.98. The zero-order valence-corrected chi connectivity index (χ0v) is 19.5. The summed E-state index contributed by atoms with van der Waals surface area (Å²) >= 11 is 0. The first-order chi connectivity index (χ1) is 15.2. The van der Waals surface area contributed by atoms with Crippen molar-refractivity contribution in [3.63, 3.8) is 0 Å². The van der Waals surface area contributed by atoms with Crippen molar-refractivity contribution in [3.05, 3.63) is 40.2 Å². The molecule has 1 aromatic carbocycles. The van der Waals surface area contributed by atoms with Gasteiger partial charge in [-0.25, -0.2) is 0 Å². The highest BCUT2D eigenvalue weighted by Crippen LogP contribution is 2.66. The molecule has 5 atom stereocenters. The molecule has 0 saturated heterocycles. The summed E-state index contributed by atoms with van der Waals surface area (Å²) in [5.41, 5.74) is 1.38. The van der Waals surface area contributed by atoms with E-state index in [2.05, 4.69) is 30.7 Å². The van der Waals surface area contributed by atoms with Crippen LogP contribution in [0.5, 0.6) is 5.75 Å².